The molecule has 0 saturated carbocycles. The number of esters is 1. The Bertz CT molecular complexity index is 65.7. The van der Waals surface area contributed by atoms with Gasteiger partial charge < -0.3 is 4.74 Å². The summed E-state index contributed by atoms with van der Waals surface area (Å²) in [5, 5.41) is 0. The fourth-order valence-corrected chi connectivity index (χ4v) is 0.336. The number of carbonyl (C=O) groups excluding carboxylic acids is 1. The molecule has 0 spiro atoms. The molecule has 3 nitrogen and oxygen atoms in total. The highest BCUT2D eigenvalue weighted by atomic mass is 35.5. The van der Waals surface area contributed by atoms with Gasteiger partial charge in [0.05, 0.1) is 18.5 Å². The molecule has 0 aliphatic carbocycles. The van der Waals surface area contributed by atoms with E-state index in [1.54, 1.807) is 6.92 Å². The minimum atomic E-state index is -0.442. The van der Waals surface area contributed by atoms with Crippen LogP contribution in [-0.4, -0.2) is 19.2 Å². The van der Waals surface area contributed by atoms with E-state index in [-0.39, 0.29) is 6.61 Å². The summed E-state index contributed by atoms with van der Waals surface area (Å²) in [5.41, 5.74) is 0. The van der Waals surface area contributed by atoms with E-state index >= 15 is 0 Å². The lowest BCUT2D eigenvalue weighted by molar-refractivity contribution is -0.145. The second-order valence-corrected chi connectivity index (χ2v) is 1.28. The average molecular weight is 139 g/mol. The number of halogens is 1. The summed E-state index contributed by atoms with van der Waals surface area (Å²) in [6.45, 7) is 1.89. The first-order valence-electron chi connectivity index (χ1n) is 2.20. The third-order valence-electron chi connectivity index (χ3n) is 0.478. The Balaban J connectivity index is 3.06. The van der Waals surface area contributed by atoms with Gasteiger partial charge in [0.15, 0.2) is 6.61 Å². The average Bonchev–Trinajstić information content (AvgIpc) is 1.68. The Morgan fingerprint density at radius 2 is 2.38 bits per heavy atom. The van der Waals surface area contributed by atoms with E-state index in [0.29, 0.717) is 6.61 Å². The molecule has 0 atom stereocenters. The predicted molar refractivity (Wildman–Crippen MR) is 28.4 cm³/mol. The molecule has 0 saturated heterocycles. The summed E-state index contributed by atoms with van der Waals surface area (Å²) in [4.78, 5) is 10.2. The standard InChI is InChI=1S/C4H7ClO3/c1-2-7-4(6)3-8-5/h2-3H2,1H3. The van der Waals surface area contributed by atoms with E-state index in [2.05, 4.69) is 9.03 Å². The number of rotatable bonds is 3. The first-order valence-corrected chi connectivity index (χ1v) is 2.51. The van der Waals surface area contributed by atoms with E-state index in [1.807, 2.05) is 0 Å². The van der Waals surface area contributed by atoms with Crippen molar-refractivity contribution in [3.63, 3.8) is 0 Å². The van der Waals surface area contributed by atoms with E-state index in [4.69, 9.17) is 11.9 Å². The summed E-state index contributed by atoms with van der Waals surface area (Å²) in [6, 6.07) is 0. The Hall–Kier alpha value is -0.280. The molecule has 0 rings (SSSR count). The molecule has 4 heteroatoms. The third kappa shape index (κ3) is 3.89. The molecular formula is C4H7ClO3. The molecule has 0 N–H and O–H groups in total. The lowest BCUT2D eigenvalue weighted by atomic mass is 10.7. The molecule has 0 bridgehead atoms. The van der Waals surface area contributed by atoms with Gasteiger partial charge in [0, 0.05) is 0 Å². The van der Waals surface area contributed by atoms with E-state index in [1.165, 1.54) is 0 Å². The normalized spacial score (nSPS) is 8.75. The van der Waals surface area contributed by atoms with Crippen LogP contribution in [0.1, 0.15) is 6.92 Å². The van der Waals surface area contributed by atoms with E-state index in [9.17, 15) is 4.79 Å². The number of carbonyl (C=O) groups is 1. The molecule has 0 heterocycles. The maximum absolute atomic E-state index is 10.2. The van der Waals surface area contributed by atoms with Crippen molar-refractivity contribution in [1.82, 2.24) is 0 Å². The fourth-order valence-electron chi connectivity index (χ4n) is 0.247. The van der Waals surface area contributed by atoms with E-state index in [0.717, 1.165) is 0 Å². The number of hydrogen-bond donors (Lipinski definition) is 0. The topological polar surface area (TPSA) is 35.5 Å². The van der Waals surface area contributed by atoms with Gasteiger partial charge in [-0.3, -0.25) is 4.29 Å². The van der Waals surface area contributed by atoms with Crippen molar-refractivity contribution >= 4 is 17.8 Å². The Kier molecular flexibility index (Phi) is 4.70. The van der Waals surface area contributed by atoms with Gasteiger partial charge in [0.25, 0.3) is 0 Å². The Morgan fingerprint density at radius 1 is 1.75 bits per heavy atom. The van der Waals surface area contributed by atoms with Crippen molar-refractivity contribution in [2.45, 2.75) is 6.92 Å². The van der Waals surface area contributed by atoms with Crippen LogP contribution >= 0.6 is 11.9 Å². The van der Waals surface area contributed by atoms with Gasteiger partial charge in [0.2, 0.25) is 0 Å². The van der Waals surface area contributed by atoms with Crippen molar-refractivity contribution in [3.05, 3.63) is 0 Å². The van der Waals surface area contributed by atoms with Crippen LogP contribution in [0.25, 0.3) is 0 Å². The molecule has 0 aromatic carbocycles. The lowest BCUT2D eigenvalue weighted by Gasteiger charge is -1.95. The zero-order chi connectivity index (χ0) is 6.41. The molecule has 48 valence electrons. The molecule has 0 aliphatic rings. The SMILES string of the molecule is CCOC(=O)COCl. The second-order valence-electron chi connectivity index (χ2n) is 1.06. The second kappa shape index (κ2) is 4.87. The zero-order valence-corrected chi connectivity index (χ0v) is 5.27. The van der Waals surface area contributed by atoms with Crippen LogP contribution in [0.3, 0.4) is 0 Å². The fraction of sp³-hybridized carbons (Fsp3) is 0.750. The molecule has 8 heavy (non-hydrogen) atoms. The monoisotopic (exact) mass is 138 g/mol. The van der Waals surface area contributed by atoms with Crippen LogP contribution in [0.15, 0.2) is 0 Å². The van der Waals surface area contributed by atoms with Gasteiger partial charge in [-0.15, -0.1) is 0 Å². The number of hydrogen-bond acceptors (Lipinski definition) is 3. The van der Waals surface area contributed by atoms with Crippen molar-refractivity contribution in [2.75, 3.05) is 13.2 Å². The minimum absolute atomic E-state index is 0.185. The van der Waals surface area contributed by atoms with Crippen LogP contribution in [0.5, 0.6) is 0 Å². The lowest BCUT2D eigenvalue weighted by Crippen LogP contribution is -2.08. The molecule has 0 aromatic heterocycles. The van der Waals surface area contributed by atoms with Gasteiger partial charge in [0.1, 0.15) is 0 Å². The largest absolute Gasteiger partial charge is 0.464 e. The molecule has 0 aliphatic heterocycles. The summed E-state index contributed by atoms with van der Waals surface area (Å²) < 4.78 is 8.39. The Labute approximate surface area is 52.7 Å². The highest BCUT2D eigenvalue weighted by Crippen LogP contribution is 1.82. The quantitative estimate of drug-likeness (QED) is 0.539. The highest BCUT2D eigenvalue weighted by Gasteiger charge is 1.97. The first kappa shape index (κ1) is 7.72. The van der Waals surface area contributed by atoms with E-state index < -0.39 is 5.97 Å². The summed E-state index contributed by atoms with van der Waals surface area (Å²) >= 11 is 4.73. The number of ether oxygens (including phenoxy) is 1. The highest BCUT2D eigenvalue weighted by molar-refractivity contribution is 6.08. The van der Waals surface area contributed by atoms with Crippen LogP contribution in [-0.2, 0) is 13.8 Å². The smallest absolute Gasteiger partial charge is 0.334 e. The Morgan fingerprint density at radius 3 is 2.75 bits per heavy atom. The van der Waals surface area contributed by atoms with Gasteiger partial charge in [-0.2, -0.15) is 0 Å². The van der Waals surface area contributed by atoms with Crippen molar-refractivity contribution in [3.8, 4) is 0 Å². The van der Waals surface area contributed by atoms with Crippen LogP contribution in [0, 0.1) is 0 Å². The predicted octanol–water partition coefficient (Wildman–Crippen LogP) is 0.720. The molecule has 0 amide bonds. The molecular weight excluding hydrogens is 131 g/mol. The van der Waals surface area contributed by atoms with Crippen molar-refractivity contribution in [2.24, 2.45) is 0 Å². The van der Waals surface area contributed by atoms with Gasteiger partial charge in [-0.25, -0.2) is 4.79 Å². The van der Waals surface area contributed by atoms with Crippen molar-refractivity contribution < 1.29 is 13.8 Å². The summed E-state index contributed by atoms with van der Waals surface area (Å²) in [7, 11) is 0. The summed E-state index contributed by atoms with van der Waals surface area (Å²) in [5.74, 6) is -0.442. The first-order chi connectivity index (χ1) is 3.81. The third-order valence-corrected chi connectivity index (χ3v) is 0.587. The molecule has 0 radical (unpaired) electrons. The molecule has 0 aromatic rings. The molecule has 0 unspecified atom stereocenters. The zero-order valence-electron chi connectivity index (χ0n) is 4.52. The summed E-state index contributed by atoms with van der Waals surface area (Å²) in [6.07, 6.45) is 0. The van der Waals surface area contributed by atoms with Gasteiger partial charge in [-0.1, -0.05) is 0 Å². The van der Waals surface area contributed by atoms with Crippen molar-refractivity contribution in [1.29, 1.82) is 0 Å². The molecule has 0 fully saturated rings. The maximum atomic E-state index is 10.2. The van der Waals surface area contributed by atoms with Crippen LogP contribution < -0.4 is 0 Å². The van der Waals surface area contributed by atoms with Crippen LogP contribution in [0.2, 0.25) is 0 Å². The maximum Gasteiger partial charge on any atom is 0.334 e. The van der Waals surface area contributed by atoms with Crippen LogP contribution in [0.4, 0.5) is 0 Å². The minimum Gasteiger partial charge on any atom is -0.464 e. The van der Waals surface area contributed by atoms with Gasteiger partial charge in [-0.05, 0) is 6.92 Å². The van der Waals surface area contributed by atoms with Gasteiger partial charge >= 0.3 is 5.97 Å².